The maximum atomic E-state index is 14.4. The molecule has 0 aliphatic carbocycles. The van der Waals surface area contributed by atoms with Crippen molar-refractivity contribution in [3.8, 4) is 11.4 Å². The summed E-state index contributed by atoms with van der Waals surface area (Å²) in [6.45, 7) is 3.25. The van der Waals surface area contributed by atoms with E-state index in [1.807, 2.05) is 104 Å². The van der Waals surface area contributed by atoms with Gasteiger partial charge in [0.05, 0.1) is 16.8 Å². The van der Waals surface area contributed by atoms with Crippen LogP contribution in [0.4, 0.5) is 11.4 Å². The molecule has 6 aromatic rings. The second-order valence-electron chi connectivity index (χ2n) is 12.5. The van der Waals surface area contributed by atoms with E-state index in [0.29, 0.717) is 29.0 Å². The first kappa shape index (κ1) is 30.1. The molecule has 2 aromatic heterocycles. The van der Waals surface area contributed by atoms with Crippen molar-refractivity contribution in [1.82, 2.24) is 19.4 Å². The number of likely N-dealkylation sites (N-methyl/N-ethyl adjacent to an activating group) is 1. The third kappa shape index (κ3) is 5.79. The van der Waals surface area contributed by atoms with E-state index in [1.54, 1.807) is 29.2 Å². The zero-order valence-corrected chi connectivity index (χ0v) is 26.7. The third-order valence-electron chi connectivity index (χ3n) is 8.95. The Kier molecular flexibility index (Phi) is 7.87. The number of para-hydroxylation sites is 1. The van der Waals surface area contributed by atoms with Gasteiger partial charge in [0.25, 0.3) is 11.8 Å². The number of hydrogen-bond donors (Lipinski definition) is 2. The van der Waals surface area contributed by atoms with E-state index in [2.05, 4.69) is 28.1 Å². The summed E-state index contributed by atoms with van der Waals surface area (Å²) in [5, 5.41) is 11.0. The van der Waals surface area contributed by atoms with Crippen molar-refractivity contribution >= 4 is 34.1 Å². The summed E-state index contributed by atoms with van der Waals surface area (Å²) in [5.74, 6) is -0.140. The molecule has 0 fully saturated rings. The van der Waals surface area contributed by atoms with Gasteiger partial charge in [-0.1, -0.05) is 36.4 Å². The van der Waals surface area contributed by atoms with Crippen LogP contribution in [0.5, 0.6) is 5.75 Å². The molecule has 47 heavy (non-hydrogen) atoms. The number of H-pyrrole nitrogens is 1. The number of rotatable bonds is 7. The molecule has 4 aromatic carbocycles. The van der Waals surface area contributed by atoms with Gasteiger partial charge in [0.2, 0.25) is 0 Å². The van der Waals surface area contributed by atoms with Crippen LogP contribution in [0.1, 0.15) is 37.5 Å². The lowest BCUT2D eigenvalue weighted by molar-refractivity contribution is 0.0606. The third-order valence-corrected chi connectivity index (χ3v) is 8.95. The lowest BCUT2D eigenvalue weighted by atomic mass is 9.93. The second kappa shape index (κ2) is 12.3. The summed E-state index contributed by atoms with van der Waals surface area (Å²) >= 11 is 0. The van der Waals surface area contributed by atoms with Crippen molar-refractivity contribution in [3.63, 3.8) is 0 Å². The zero-order valence-electron chi connectivity index (χ0n) is 26.7. The molecule has 0 saturated carbocycles. The molecule has 1 aliphatic rings. The zero-order chi connectivity index (χ0) is 32.7. The number of hydrogen-bond acceptors (Lipinski definition) is 4. The Bertz CT molecular complexity index is 2090. The number of phenols is 1. The Morgan fingerprint density at radius 3 is 2.38 bits per heavy atom. The van der Waals surface area contributed by atoms with Crippen molar-refractivity contribution < 1.29 is 14.7 Å². The molecule has 1 atom stereocenters. The van der Waals surface area contributed by atoms with Crippen LogP contribution in [0.3, 0.4) is 0 Å². The monoisotopic (exact) mass is 623 g/mol. The fourth-order valence-electron chi connectivity index (χ4n) is 6.67. The van der Waals surface area contributed by atoms with Crippen LogP contribution < -0.4 is 4.90 Å². The second-order valence-corrected chi connectivity index (χ2v) is 12.5. The minimum absolute atomic E-state index is 0.0274. The highest BCUT2D eigenvalue weighted by molar-refractivity contribution is 6.12. The number of phenolic OH excluding ortho intramolecular Hbond substituents is 1. The van der Waals surface area contributed by atoms with E-state index in [1.165, 1.54) is 11.1 Å². The predicted octanol–water partition coefficient (Wildman–Crippen LogP) is 7.08. The number of benzene rings is 4. The number of nitrogens with one attached hydrogen (secondary N) is 1. The minimum atomic E-state index is -0.227. The lowest BCUT2D eigenvalue weighted by Gasteiger charge is -2.38. The molecule has 8 heteroatoms. The quantitative estimate of drug-likeness (QED) is 0.199. The van der Waals surface area contributed by atoms with Gasteiger partial charge in [-0.05, 0) is 105 Å². The Morgan fingerprint density at radius 2 is 1.60 bits per heavy atom. The topological polar surface area (TPSA) is 84.8 Å². The molecule has 8 nitrogen and oxygen atoms in total. The first-order valence-corrected chi connectivity index (χ1v) is 15.8. The highest BCUT2D eigenvalue weighted by Crippen LogP contribution is 2.33. The van der Waals surface area contributed by atoms with Crippen LogP contribution in [0.25, 0.3) is 16.6 Å². The van der Waals surface area contributed by atoms with Crippen molar-refractivity contribution in [2.75, 3.05) is 25.5 Å². The van der Waals surface area contributed by atoms with Gasteiger partial charge in [0.15, 0.2) is 0 Å². The highest BCUT2D eigenvalue weighted by atomic mass is 16.3. The van der Waals surface area contributed by atoms with E-state index in [4.69, 9.17) is 0 Å². The fourth-order valence-corrected chi connectivity index (χ4v) is 6.67. The van der Waals surface area contributed by atoms with Gasteiger partial charge < -0.3 is 24.5 Å². The minimum Gasteiger partial charge on any atom is -0.508 e. The fraction of sp³-hybridized carbons (Fsp3) is 0.179. The van der Waals surface area contributed by atoms with E-state index in [9.17, 15) is 14.7 Å². The van der Waals surface area contributed by atoms with Crippen LogP contribution in [-0.4, -0.2) is 63.0 Å². The average Bonchev–Trinajstić information content (AvgIpc) is 3.71. The Morgan fingerprint density at radius 1 is 0.872 bits per heavy atom. The molecule has 0 bridgehead atoms. The smallest absolute Gasteiger partial charge is 0.264 e. The van der Waals surface area contributed by atoms with Gasteiger partial charge in [-0.25, -0.2) is 0 Å². The van der Waals surface area contributed by atoms with Crippen LogP contribution in [-0.2, 0) is 13.0 Å². The SMILES string of the molecule is Cc1cc(C(=O)N(c2ccc(O)cc2)c2ccc3[nH]ccc3c2)cn1-c1ccccc1C(=O)N1Cc2ccccc2C[C@H]1CN(C)C. The molecule has 7 rings (SSSR count). The largest absolute Gasteiger partial charge is 0.508 e. The van der Waals surface area contributed by atoms with Crippen molar-refractivity contribution in [1.29, 1.82) is 0 Å². The van der Waals surface area contributed by atoms with Crippen LogP contribution in [0.15, 0.2) is 116 Å². The Balaban J connectivity index is 1.26. The summed E-state index contributed by atoms with van der Waals surface area (Å²) in [5.41, 5.74) is 7.37. The number of aromatic amines is 1. The number of amides is 2. The normalized spacial score (nSPS) is 14.4. The molecule has 0 saturated heterocycles. The summed E-state index contributed by atoms with van der Waals surface area (Å²) in [4.78, 5) is 37.8. The van der Waals surface area contributed by atoms with Crippen LogP contribution >= 0.6 is 0 Å². The van der Waals surface area contributed by atoms with E-state index in [-0.39, 0.29) is 23.6 Å². The van der Waals surface area contributed by atoms with Crippen molar-refractivity contribution in [3.05, 3.63) is 143 Å². The standard InChI is InChI=1S/C39H37N5O3/c1-26-20-30(38(46)44(31-12-15-34(45)16-13-31)32-14-17-36-28(22-32)18-19-40-36)24-42(26)37-11-7-6-10-35(37)39(47)43-23-29-9-5-4-8-27(29)21-33(43)25-41(2)3/h4-20,22,24,33,40,45H,21,23,25H2,1-3H3/t33-/m0/s1. The molecule has 2 N–H and O–H groups in total. The number of anilines is 2. The molecule has 0 unspecified atom stereocenters. The van der Waals surface area contributed by atoms with E-state index in [0.717, 1.165) is 35.2 Å². The van der Waals surface area contributed by atoms with Crippen molar-refractivity contribution in [2.24, 2.45) is 0 Å². The number of carbonyl (C=O) groups excluding carboxylic acids is 2. The number of carbonyl (C=O) groups is 2. The van der Waals surface area contributed by atoms with Gasteiger partial charge in [0, 0.05) is 59.5 Å². The number of nitrogens with zero attached hydrogens (tertiary/aromatic N) is 4. The van der Waals surface area contributed by atoms with Crippen LogP contribution in [0, 0.1) is 6.92 Å². The van der Waals surface area contributed by atoms with Gasteiger partial charge in [0.1, 0.15) is 5.75 Å². The molecule has 236 valence electrons. The van der Waals surface area contributed by atoms with Gasteiger partial charge in [-0.3, -0.25) is 14.5 Å². The maximum Gasteiger partial charge on any atom is 0.264 e. The molecular weight excluding hydrogens is 586 g/mol. The van der Waals surface area contributed by atoms with Crippen LogP contribution in [0.2, 0.25) is 0 Å². The number of aromatic hydroxyl groups is 1. The van der Waals surface area contributed by atoms with Gasteiger partial charge >= 0.3 is 0 Å². The number of aryl methyl sites for hydroxylation is 1. The molecule has 1 aliphatic heterocycles. The summed E-state index contributed by atoms with van der Waals surface area (Å²) in [7, 11) is 4.08. The average molecular weight is 624 g/mol. The summed E-state index contributed by atoms with van der Waals surface area (Å²) in [6.07, 6.45) is 4.48. The van der Waals surface area contributed by atoms with Gasteiger partial charge in [-0.15, -0.1) is 0 Å². The molecule has 2 amide bonds. The Hall–Kier alpha value is -5.60. The molecule has 0 radical (unpaired) electrons. The lowest BCUT2D eigenvalue weighted by Crippen LogP contribution is -2.49. The van der Waals surface area contributed by atoms with Crippen molar-refractivity contribution in [2.45, 2.75) is 25.9 Å². The van der Waals surface area contributed by atoms with E-state index < -0.39 is 0 Å². The number of aromatic nitrogens is 2. The molecule has 0 spiro atoms. The van der Waals surface area contributed by atoms with E-state index >= 15 is 0 Å². The predicted molar refractivity (Wildman–Crippen MR) is 186 cm³/mol. The number of fused-ring (bicyclic) bond motifs is 2. The molecular formula is C39H37N5O3. The maximum absolute atomic E-state index is 14.4. The summed E-state index contributed by atoms with van der Waals surface area (Å²) < 4.78 is 1.93. The first-order valence-electron chi connectivity index (χ1n) is 15.8. The van der Waals surface area contributed by atoms with Gasteiger partial charge in [-0.2, -0.15) is 0 Å². The first-order chi connectivity index (χ1) is 22.8. The highest BCUT2D eigenvalue weighted by Gasteiger charge is 2.32. The molecule has 3 heterocycles. The summed E-state index contributed by atoms with van der Waals surface area (Å²) in [6, 6.07) is 32.3. The Labute approximate surface area is 274 Å².